The summed E-state index contributed by atoms with van der Waals surface area (Å²) in [6.45, 7) is 9.61. The van der Waals surface area contributed by atoms with Crippen LogP contribution in [0.4, 0.5) is 0 Å². The molecular weight excluding hydrogens is 292 g/mol. The van der Waals surface area contributed by atoms with Gasteiger partial charge in [-0.25, -0.2) is 4.79 Å². The molecule has 1 aromatic heterocycles. The zero-order valence-corrected chi connectivity index (χ0v) is 15.2. The third kappa shape index (κ3) is 4.78. The predicted octanol–water partition coefficient (Wildman–Crippen LogP) is 1.95. The number of hydrogen-bond acceptors (Lipinski definition) is 5. The minimum Gasteiger partial charge on any atom is -0.456 e. The van der Waals surface area contributed by atoms with E-state index in [1.807, 2.05) is 27.8 Å². The van der Waals surface area contributed by atoms with Gasteiger partial charge in [-0.2, -0.15) is 5.10 Å². The quantitative estimate of drug-likeness (QED) is 0.859. The van der Waals surface area contributed by atoms with Crippen LogP contribution in [0.2, 0.25) is 0 Å². The number of ether oxygens (including phenoxy) is 1. The van der Waals surface area contributed by atoms with E-state index in [1.54, 1.807) is 10.9 Å². The lowest BCUT2D eigenvalue weighted by atomic mass is 9.99. The van der Waals surface area contributed by atoms with Crippen LogP contribution in [-0.2, 0) is 18.3 Å². The van der Waals surface area contributed by atoms with Gasteiger partial charge in [0, 0.05) is 25.7 Å². The number of aryl methyl sites for hydroxylation is 1. The Morgan fingerprint density at radius 3 is 2.74 bits per heavy atom. The van der Waals surface area contributed by atoms with Crippen LogP contribution in [-0.4, -0.2) is 51.9 Å². The minimum absolute atomic E-state index is 0.306. The first-order valence-corrected chi connectivity index (χ1v) is 8.35. The number of carbonyl (C=O) groups excluding carboxylic acids is 1. The Labute approximate surface area is 139 Å². The fourth-order valence-corrected chi connectivity index (χ4v) is 2.89. The van der Waals surface area contributed by atoms with Gasteiger partial charge in [-0.1, -0.05) is 0 Å². The molecule has 2 heterocycles. The lowest BCUT2D eigenvalue weighted by molar-refractivity contribution is 0.00678. The molecule has 1 N–H and O–H groups in total. The molecule has 6 heteroatoms. The van der Waals surface area contributed by atoms with Crippen LogP contribution in [0, 0.1) is 0 Å². The van der Waals surface area contributed by atoms with Crippen molar-refractivity contribution in [2.45, 2.75) is 64.8 Å². The molecular formula is C17H30N4O2. The average molecular weight is 322 g/mol. The van der Waals surface area contributed by atoms with E-state index in [1.165, 1.54) is 0 Å². The Balaban J connectivity index is 2.00. The highest BCUT2D eigenvalue weighted by molar-refractivity contribution is 5.90. The van der Waals surface area contributed by atoms with Crippen molar-refractivity contribution in [3.63, 3.8) is 0 Å². The number of aromatic nitrogens is 2. The number of esters is 1. The van der Waals surface area contributed by atoms with E-state index in [0.29, 0.717) is 24.2 Å². The van der Waals surface area contributed by atoms with Gasteiger partial charge in [0.2, 0.25) is 0 Å². The first kappa shape index (κ1) is 17.9. The van der Waals surface area contributed by atoms with E-state index in [-0.39, 0.29) is 5.97 Å². The van der Waals surface area contributed by atoms with Crippen LogP contribution in [0.1, 0.15) is 56.6 Å². The first-order valence-electron chi connectivity index (χ1n) is 8.35. The Bertz CT molecular complexity index is 547. The second-order valence-electron chi connectivity index (χ2n) is 7.56. The summed E-state index contributed by atoms with van der Waals surface area (Å²) in [5.41, 5.74) is 0.933. The molecule has 0 unspecified atom stereocenters. The molecule has 0 saturated carbocycles. The highest BCUT2D eigenvalue weighted by Gasteiger charge is 2.25. The maximum Gasteiger partial charge on any atom is 0.342 e. The summed E-state index contributed by atoms with van der Waals surface area (Å²) in [5.74, 6) is -0.306. The summed E-state index contributed by atoms with van der Waals surface area (Å²) >= 11 is 0. The Hall–Kier alpha value is -1.40. The van der Waals surface area contributed by atoms with Crippen molar-refractivity contribution < 1.29 is 9.53 Å². The summed E-state index contributed by atoms with van der Waals surface area (Å²) in [5, 5.41) is 7.80. The first-order chi connectivity index (χ1) is 10.7. The number of nitrogens with zero attached hydrogens (tertiary/aromatic N) is 3. The molecule has 23 heavy (non-hydrogen) atoms. The lowest BCUT2D eigenvalue weighted by Gasteiger charge is -2.35. The van der Waals surface area contributed by atoms with Crippen molar-refractivity contribution in [2.75, 3.05) is 13.6 Å². The van der Waals surface area contributed by atoms with Gasteiger partial charge < -0.3 is 15.0 Å². The molecule has 1 aromatic rings. The topological polar surface area (TPSA) is 59.4 Å². The largest absolute Gasteiger partial charge is 0.456 e. The molecule has 6 nitrogen and oxygen atoms in total. The van der Waals surface area contributed by atoms with Gasteiger partial charge in [0.15, 0.2) is 0 Å². The van der Waals surface area contributed by atoms with Crippen molar-refractivity contribution >= 4 is 5.97 Å². The molecule has 1 aliphatic rings. The number of nitrogens with one attached hydrogen (secondary N) is 1. The van der Waals surface area contributed by atoms with Crippen molar-refractivity contribution in [2.24, 2.45) is 7.05 Å². The van der Waals surface area contributed by atoms with Crippen LogP contribution in [0.5, 0.6) is 0 Å². The summed E-state index contributed by atoms with van der Waals surface area (Å²) < 4.78 is 7.23. The molecule has 1 saturated heterocycles. The Kier molecular flexibility index (Phi) is 5.47. The fourth-order valence-electron chi connectivity index (χ4n) is 2.89. The highest BCUT2D eigenvalue weighted by Crippen LogP contribution is 2.18. The molecule has 1 fully saturated rings. The van der Waals surface area contributed by atoms with Crippen molar-refractivity contribution in [1.29, 1.82) is 0 Å². The number of piperidine rings is 1. The number of hydrogen-bond donors (Lipinski definition) is 1. The minimum atomic E-state index is -0.499. The standard InChI is InChI=1S/C17H30N4O2/c1-12-9-13(7-8-20(12)5)18-11-15-14(10-19-21(15)6)16(22)23-17(2,3)4/h10,12-13,18H,7-9,11H2,1-6H3/t12-,13-/m0/s1. The van der Waals surface area contributed by atoms with Gasteiger partial charge >= 0.3 is 5.97 Å². The van der Waals surface area contributed by atoms with E-state index in [0.717, 1.165) is 25.1 Å². The molecule has 0 amide bonds. The van der Waals surface area contributed by atoms with Crippen molar-refractivity contribution in [1.82, 2.24) is 20.0 Å². The van der Waals surface area contributed by atoms with Crippen LogP contribution >= 0.6 is 0 Å². The predicted molar refractivity (Wildman–Crippen MR) is 90.3 cm³/mol. The van der Waals surface area contributed by atoms with E-state index in [9.17, 15) is 4.79 Å². The smallest absolute Gasteiger partial charge is 0.342 e. The average Bonchev–Trinajstić information content (AvgIpc) is 2.79. The zero-order valence-electron chi connectivity index (χ0n) is 15.2. The Morgan fingerprint density at radius 1 is 1.43 bits per heavy atom. The van der Waals surface area contributed by atoms with E-state index >= 15 is 0 Å². The SMILES string of the molecule is C[C@H]1C[C@@H](NCc2c(C(=O)OC(C)(C)C)cnn2C)CCN1C. The van der Waals surface area contributed by atoms with Crippen LogP contribution < -0.4 is 5.32 Å². The van der Waals surface area contributed by atoms with Gasteiger partial charge in [-0.3, -0.25) is 4.68 Å². The molecule has 0 spiro atoms. The molecule has 2 rings (SSSR count). The van der Waals surface area contributed by atoms with Gasteiger partial charge in [0.1, 0.15) is 11.2 Å². The second-order valence-corrected chi connectivity index (χ2v) is 7.56. The number of rotatable bonds is 4. The molecule has 0 aliphatic carbocycles. The van der Waals surface area contributed by atoms with Crippen LogP contribution in [0.25, 0.3) is 0 Å². The highest BCUT2D eigenvalue weighted by atomic mass is 16.6. The van der Waals surface area contributed by atoms with Crippen molar-refractivity contribution in [3.8, 4) is 0 Å². The molecule has 0 radical (unpaired) electrons. The fraction of sp³-hybridized carbons (Fsp3) is 0.765. The molecule has 0 aromatic carbocycles. The van der Waals surface area contributed by atoms with Crippen LogP contribution in [0.3, 0.4) is 0 Å². The van der Waals surface area contributed by atoms with Crippen LogP contribution in [0.15, 0.2) is 6.20 Å². The van der Waals surface area contributed by atoms with Crippen molar-refractivity contribution in [3.05, 3.63) is 17.5 Å². The summed E-state index contributed by atoms with van der Waals surface area (Å²) in [6.07, 6.45) is 3.85. The molecule has 130 valence electrons. The van der Waals surface area contributed by atoms with E-state index < -0.39 is 5.60 Å². The van der Waals surface area contributed by atoms with Gasteiger partial charge in [0.05, 0.1) is 11.9 Å². The summed E-state index contributed by atoms with van der Waals surface area (Å²) in [4.78, 5) is 14.7. The lowest BCUT2D eigenvalue weighted by Crippen LogP contribution is -2.45. The maximum atomic E-state index is 12.3. The second kappa shape index (κ2) is 7.01. The van der Waals surface area contributed by atoms with Gasteiger partial charge in [-0.05, 0) is 54.1 Å². The van der Waals surface area contributed by atoms with Gasteiger partial charge in [0.25, 0.3) is 0 Å². The molecule has 0 bridgehead atoms. The monoisotopic (exact) mass is 322 g/mol. The third-order valence-corrected chi connectivity index (χ3v) is 4.45. The Morgan fingerprint density at radius 2 is 2.13 bits per heavy atom. The maximum absolute atomic E-state index is 12.3. The molecule has 2 atom stereocenters. The van der Waals surface area contributed by atoms with E-state index in [4.69, 9.17) is 4.74 Å². The molecule has 1 aliphatic heterocycles. The van der Waals surface area contributed by atoms with E-state index in [2.05, 4.69) is 29.3 Å². The zero-order chi connectivity index (χ0) is 17.2. The summed E-state index contributed by atoms with van der Waals surface area (Å²) in [7, 11) is 4.03. The van der Waals surface area contributed by atoms with Gasteiger partial charge in [-0.15, -0.1) is 0 Å². The normalized spacial score (nSPS) is 23.0. The third-order valence-electron chi connectivity index (χ3n) is 4.45. The number of likely N-dealkylation sites (tertiary alicyclic amines) is 1. The number of carbonyl (C=O) groups is 1. The summed E-state index contributed by atoms with van der Waals surface area (Å²) in [6, 6.07) is 1.06.